The second kappa shape index (κ2) is 6.43. The number of phenols is 2. The van der Waals surface area contributed by atoms with E-state index in [2.05, 4.69) is 0 Å². The van der Waals surface area contributed by atoms with E-state index < -0.39 is 11.4 Å². The van der Waals surface area contributed by atoms with Gasteiger partial charge in [-0.3, -0.25) is 4.79 Å². The van der Waals surface area contributed by atoms with E-state index in [1.165, 1.54) is 6.07 Å². The van der Waals surface area contributed by atoms with Crippen LogP contribution in [-0.4, -0.2) is 16.0 Å². The van der Waals surface area contributed by atoms with Gasteiger partial charge in [0.1, 0.15) is 17.1 Å². The standard InChI is InChI=1S/C20H18O5/c1-3-11(2)19(24)18-15(22)10-14(21)17-13(9-16(23)25-20(17)18)12-7-5-4-6-8-12/h4-11,21-22H,3H2,1-2H3. The average Bonchev–Trinajstić information content (AvgIpc) is 2.60. The lowest BCUT2D eigenvalue weighted by Gasteiger charge is -2.14. The molecule has 1 heterocycles. The van der Waals surface area contributed by atoms with Crippen LogP contribution in [0, 0.1) is 5.92 Å². The summed E-state index contributed by atoms with van der Waals surface area (Å²) in [4.78, 5) is 24.8. The Morgan fingerprint density at radius 2 is 1.80 bits per heavy atom. The van der Waals surface area contributed by atoms with Crippen molar-refractivity contribution in [2.24, 2.45) is 5.92 Å². The van der Waals surface area contributed by atoms with Gasteiger partial charge in [0.15, 0.2) is 11.4 Å². The first-order chi connectivity index (χ1) is 11.9. The Kier molecular flexibility index (Phi) is 4.31. The summed E-state index contributed by atoms with van der Waals surface area (Å²) in [7, 11) is 0. The Balaban J connectivity index is 2.43. The molecule has 1 atom stereocenters. The van der Waals surface area contributed by atoms with Gasteiger partial charge in [-0.2, -0.15) is 0 Å². The smallest absolute Gasteiger partial charge is 0.336 e. The molecule has 0 aliphatic heterocycles. The van der Waals surface area contributed by atoms with Gasteiger partial charge in [0.2, 0.25) is 0 Å². The van der Waals surface area contributed by atoms with Crippen molar-refractivity contribution in [1.82, 2.24) is 0 Å². The molecule has 0 radical (unpaired) electrons. The first kappa shape index (κ1) is 16.8. The molecule has 25 heavy (non-hydrogen) atoms. The minimum atomic E-state index is -0.658. The molecule has 1 unspecified atom stereocenters. The molecule has 128 valence electrons. The molecule has 3 rings (SSSR count). The van der Waals surface area contributed by atoms with Gasteiger partial charge >= 0.3 is 5.63 Å². The van der Waals surface area contributed by atoms with Crippen LogP contribution in [0.3, 0.4) is 0 Å². The van der Waals surface area contributed by atoms with E-state index in [9.17, 15) is 19.8 Å². The van der Waals surface area contributed by atoms with Crippen molar-refractivity contribution >= 4 is 16.8 Å². The topological polar surface area (TPSA) is 87.7 Å². The van der Waals surface area contributed by atoms with Crippen LogP contribution in [0.15, 0.2) is 51.7 Å². The van der Waals surface area contributed by atoms with Crippen LogP contribution < -0.4 is 5.63 Å². The maximum Gasteiger partial charge on any atom is 0.336 e. The number of ketones is 1. The van der Waals surface area contributed by atoms with Crippen LogP contribution in [0.2, 0.25) is 0 Å². The van der Waals surface area contributed by atoms with Crippen molar-refractivity contribution in [1.29, 1.82) is 0 Å². The summed E-state index contributed by atoms with van der Waals surface area (Å²) in [6.07, 6.45) is 0.573. The number of carbonyl (C=O) groups excluding carboxylic acids is 1. The van der Waals surface area contributed by atoms with Gasteiger partial charge in [0.05, 0.1) is 5.39 Å². The Morgan fingerprint density at radius 1 is 1.12 bits per heavy atom. The molecule has 3 aromatic rings. The van der Waals surface area contributed by atoms with Crippen molar-refractivity contribution in [3.8, 4) is 22.6 Å². The monoisotopic (exact) mass is 338 g/mol. The quantitative estimate of drug-likeness (QED) is 0.552. The van der Waals surface area contributed by atoms with Gasteiger partial charge in [-0.1, -0.05) is 44.2 Å². The van der Waals surface area contributed by atoms with Crippen molar-refractivity contribution in [3.05, 3.63) is 58.4 Å². The first-order valence-corrected chi connectivity index (χ1v) is 8.06. The third-order valence-corrected chi connectivity index (χ3v) is 4.37. The lowest BCUT2D eigenvalue weighted by atomic mass is 9.92. The summed E-state index contributed by atoms with van der Waals surface area (Å²) < 4.78 is 5.24. The predicted molar refractivity (Wildman–Crippen MR) is 95.0 cm³/mol. The van der Waals surface area contributed by atoms with E-state index in [4.69, 9.17) is 4.42 Å². The normalized spacial score (nSPS) is 12.2. The zero-order valence-corrected chi connectivity index (χ0v) is 13.9. The van der Waals surface area contributed by atoms with E-state index in [0.29, 0.717) is 17.5 Å². The number of rotatable bonds is 4. The molecule has 0 saturated heterocycles. The number of fused-ring (bicyclic) bond motifs is 1. The molecule has 5 heteroatoms. The number of hydrogen-bond acceptors (Lipinski definition) is 5. The van der Waals surface area contributed by atoms with Crippen molar-refractivity contribution < 1.29 is 19.4 Å². The molecule has 2 N–H and O–H groups in total. The minimum absolute atomic E-state index is 0.0722. The fourth-order valence-electron chi connectivity index (χ4n) is 2.83. The second-order valence-electron chi connectivity index (χ2n) is 6.01. The van der Waals surface area contributed by atoms with Crippen LogP contribution in [0.5, 0.6) is 11.5 Å². The van der Waals surface area contributed by atoms with Crippen LogP contribution in [0.25, 0.3) is 22.1 Å². The van der Waals surface area contributed by atoms with E-state index in [1.54, 1.807) is 31.2 Å². The molecule has 0 saturated carbocycles. The van der Waals surface area contributed by atoms with Gasteiger partial charge in [-0.15, -0.1) is 0 Å². The van der Waals surface area contributed by atoms with Gasteiger partial charge in [-0.05, 0) is 12.0 Å². The molecule has 0 aliphatic rings. The fraction of sp³-hybridized carbons (Fsp3) is 0.200. The van der Waals surface area contributed by atoms with Gasteiger partial charge < -0.3 is 14.6 Å². The molecule has 0 aliphatic carbocycles. The number of carbonyl (C=O) groups is 1. The molecule has 1 aromatic heterocycles. The van der Waals surface area contributed by atoms with Crippen molar-refractivity contribution in [2.75, 3.05) is 0 Å². The van der Waals surface area contributed by atoms with E-state index in [-0.39, 0.29) is 34.0 Å². The first-order valence-electron chi connectivity index (χ1n) is 8.06. The van der Waals surface area contributed by atoms with E-state index in [1.807, 2.05) is 13.0 Å². The predicted octanol–water partition coefficient (Wildman–Crippen LogP) is 4.10. The number of hydrogen-bond donors (Lipinski definition) is 2. The fourth-order valence-corrected chi connectivity index (χ4v) is 2.83. The molecule has 0 spiro atoms. The molecule has 5 nitrogen and oxygen atoms in total. The second-order valence-corrected chi connectivity index (χ2v) is 6.01. The highest BCUT2D eigenvalue weighted by atomic mass is 16.4. The van der Waals surface area contributed by atoms with Crippen LogP contribution in [0.1, 0.15) is 30.6 Å². The molecular formula is C20H18O5. The molecule has 0 bridgehead atoms. The van der Waals surface area contributed by atoms with Crippen LogP contribution in [-0.2, 0) is 0 Å². The number of phenolic OH excluding ortho intramolecular Hbond substituents is 2. The minimum Gasteiger partial charge on any atom is -0.507 e. The van der Waals surface area contributed by atoms with Gasteiger partial charge in [-0.25, -0.2) is 4.79 Å². The Labute approximate surface area is 144 Å². The summed E-state index contributed by atoms with van der Waals surface area (Å²) in [5, 5.41) is 20.8. The van der Waals surface area contributed by atoms with Crippen LogP contribution in [0.4, 0.5) is 0 Å². The lowest BCUT2D eigenvalue weighted by Crippen LogP contribution is -2.12. The molecule has 2 aromatic carbocycles. The third-order valence-electron chi connectivity index (χ3n) is 4.37. The van der Waals surface area contributed by atoms with Crippen LogP contribution >= 0.6 is 0 Å². The molecule has 0 fully saturated rings. The number of benzene rings is 2. The zero-order chi connectivity index (χ0) is 18.1. The summed E-state index contributed by atoms with van der Waals surface area (Å²) in [5.74, 6) is -1.35. The lowest BCUT2D eigenvalue weighted by molar-refractivity contribution is 0.0925. The zero-order valence-electron chi connectivity index (χ0n) is 13.9. The molecule has 0 amide bonds. The molecular weight excluding hydrogens is 320 g/mol. The highest BCUT2D eigenvalue weighted by molar-refractivity contribution is 6.13. The maximum atomic E-state index is 12.7. The van der Waals surface area contributed by atoms with Crippen molar-refractivity contribution in [3.63, 3.8) is 0 Å². The SMILES string of the molecule is CCC(C)C(=O)c1c(O)cc(O)c2c(-c3ccccc3)cc(=O)oc12. The maximum absolute atomic E-state index is 12.7. The highest BCUT2D eigenvalue weighted by Crippen LogP contribution is 2.40. The summed E-state index contributed by atoms with van der Waals surface area (Å²) in [5.41, 5.74) is 0.326. The van der Waals surface area contributed by atoms with Crippen molar-refractivity contribution in [2.45, 2.75) is 20.3 Å². The Bertz CT molecular complexity index is 1000. The van der Waals surface area contributed by atoms with E-state index >= 15 is 0 Å². The number of Topliss-reactive ketones (excluding diaryl/α,β-unsaturated/α-hetero) is 1. The highest BCUT2D eigenvalue weighted by Gasteiger charge is 2.25. The Morgan fingerprint density at radius 3 is 2.44 bits per heavy atom. The van der Waals surface area contributed by atoms with Gasteiger partial charge in [0.25, 0.3) is 0 Å². The Hall–Kier alpha value is -3.08. The summed E-state index contributed by atoms with van der Waals surface area (Å²) in [6, 6.07) is 11.4. The number of aromatic hydroxyl groups is 2. The summed E-state index contributed by atoms with van der Waals surface area (Å²) in [6.45, 7) is 3.59. The van der Waals surface area contributed by atoms with Gasteiger partial charge in [0, 0.05) is 23.6 Å². The average molecular weight is 338 g/mol. The third kappa shape index (κ3) is 2.89. The largest absolute Gasteiger partial charge is 0.507 e. The van der Waals surface area contributed by atoms with E-state index in [0.717, 1.165) is 6.07 Å². The summed E-state index contributed by atoms with van der Waals surface area (Å²) >= 11 is 0.